The van der Waals surface area contributed by atoms with E-state index in [9.17, 15) is 4.79 Å². The van der Waals surface area contributed by atoms with E-state index >= 15 is 0 Å². The summed E-state index contributed by atoms with van der Waals surface area (Å²) >= 11 is 0. The van der Waals surface area contributed by atoms with Crippen LogP contribution in [-0.4, -0.2) is 48.3 Å². The lowest BCUT2D eigenvalue weighted by molar-refractivity contribution is -0.139. The highest BCUT2D eigenvalue weighted by Crippen LogP contribution is 2.45. The second-order valence-electron chi connectivity index (χ2n) is 8.20. The Balaban J connectivity index is 1.12. The molecule has 1 aliphatic heterocycles. The van der Waals surface area contributed by atoms with Crippen molar-refractivity contribution in [1.29, 1.82) is 5.26 Å². The minimum Gasteiger partial charge on any atom is -0.492 e. The van der Waals surface area contributed by atoms with Crippen LogP contribution in [0.1, 0.15) is 11.1 Å². The Kier molecular flexibility index (Phi) is 6.32. The number of fused-ring (bicyclic) bond motifs is 1. The van der Waals surface area contributed by atoms with E-state index in [0.717, 1.165) is 36.2 Å². The van der Waals surface area contributed by atoms with Gasteiger partial charge in [-0.15, -0.1) is 0 Å². The molecule has 1 saturated carbocycles. The number of hydrogen-bond donors (Lipinski definition) is 2. The topological polar surface area (TPSA) is 85.6 Å². The normalized spacial score (nSPS) is 23.4. The molecule has 2 fully saturated rings. The van der Waals surface area contributed by atoms with E-state index in [1.165, 1.54) is 18.7 Å². The number of rotatable bonds is 10. The molecule has 2 N–H and O–H groups in total. The lowest BCUT2D eigenvalue weighted by atomic mass is 10.0. The summed E-state index contributed by atoms with van der Waals surface area (Å²) in [6, 6.07) is 20.4. The highest BCUT2D eigenvalue weighted by atomic mass is 16.5. The Morgan fingerprint density at radius 3 is 2.47 bits per heavy atom. The maximum absolute atomic E-state index is 11.0. The molecule has 4 atom stereocenters. The summed E-state index contributed by atoms with van der Waals surface area (Å²) in [6.45, 7) is 4.78. The van der Waals surface area contributed by atoms with E-state index in [4.69, 9.17) is 15.1 Å². The van der Waals surface area contributed by atoms with Gasteiger partial charge in [0.1, 0.15) is 18.3 Å². The molecule has 1 heterocycles. The summed E-state index contributed by atoms with van der Waals surface area (Å²) in [4.78, 5) is 13.5. The lowest BCUT2D eigenvalue weighted by Gasteiger charge is -2.20. The van der Waals surface area contributed by atoms with Gasteiger partial charge in [-0.2, -0.15) is 5.26 Å². The molecule has 4 rings (SSSR count). The molecule has 1 aliphatic carbocycles. The minimum atomic E-state index is -1.09. The first kappa shape index (κ1) is 20.4. The van der Waals surface area contributed by atoms with Gasteiger partial charge in [0.05, 0.1) is 6.07 Å². The molecule has 1 unspecified atom stereocenters. The zero-order valence-corrected chi connectivity index (χ0v) is 16.9. The molecular weight excluding hydrogens is 378 g/mol. The predicted octanol–water partition coefficient (Wildman–Crippen LogP) is 2.55. The first-order chi connectivity index (χ1) is 14.6. The number of aliphatic carboxylic acids is 1. The van der Waals surface area contributed by atoms with Crippen molar-refractivity contribution in [2.45, 2.75) is 19.0 Å². The van der Waals surface area contributed by atoms with E-state index in [2.05, 4.69) is 40.5 Å². The molecule has 30 heavy (non-hydrogen) atoms. The number of piperidine rings is 1. The van der Waals surface area contributed by atoms with Crippen LogP contribution in [-0.2, 0) is 17.8 Å². The van der Waals surface area contributed by atoms with Crippen LogP contribution in [0, 0.1) is 29.1 Å². The van der Waals surface area contributed by atoms with Crippen molar-refractivity contribution in [3.63, 3.8) is 0 Å². The average molecular weight is 405 g/mol. The molecule has 2 aromatic carbocycles. The van der Waals surface area contributed by atoms with E-state index in [1.807, 2.05) is 30.3 Å². The Bertz CT molecular complexity index is 882. The maximum atomic E-state index is 11.0. The highest BCUT2D eigenvalue weighted by molar-refractivity contribution is 5.73. The van der Waals surface area contributed by atoms with Crippen LogP contribution >= 0.6 is 0 Å². The summed E-state index contributed by atoms with van der Waals surface area (Å²) in [5, 5.41) is 21.5. The van der Waals surface area contributed by atoms with Crippen molar-refractivity contribution in [2.24, 2.45) is 17.8 Å². The van der Waals surface area contributed by atoms with Gasteiger partial charge >= 0.3 is 5.97 Å². The molecule has 2 aliphatic rings. The van der Waals surface area contributed by atoms with Crippen LogP contribution in [0.4, 0.5) is 0 Å². The Morgan fingerprint density at radius 1 is 1.13 bits per heavy atom. The molecule has 2 aromatic rings. The van der Waals surface area contributed by atoms with Crippen LogP contribution < -0.4 is 10.1 Å². The van der Waals surface area contributed by atoms with Gasteiger partial charge in [0.25, 0.3) is 0 Å². The molecule has 1 saturated heterocycles. The second kappa shape index (κ2) is 9.29. The fourth-order valence-electron chi connectivity index (χ4n) is 4.43. The third-order valence-corrected chi connectivity index (χ3v) is 6.09. The number of likely N-dealkylation sites (tertiary alicyclic amines) is 1. The van der Waals surface area contributed by atoms with Crippen LogP contribution in [0.25, 0.3) is 0 Å². The Hall–Kier alpha value is -2.88. The number of carboxylic acids is 1. The fourth-order valence-corrected chi connectivity index (χ4v) is 4.43. The maximum Gasteiger partial charge on any atom is 0.321 e. The zero-order chi connectivity index (χ0) is 20.9. The molecule has 0 aromatic heterocycles. The highest BCUT2D eigenvalue weighted by Gasteiger charge is 2.55. The number of carboxylic acid groups (broad SMARTS) is 1. The van der Waals surface area contributed by atoms with E-state index < -0.39 is 11.9 Å². The van der Waals surface area contributed by atoms with Gasteiger partial charge in [-0.1, -0.05) is 42.5 Å². The number of nitriles is 1. The van der Waals surface area contributed by atoms with E-state index in [1.54, 1.807) is 0 Å². The van der Waals surface area contributed by atoms with Crippen LogP contribution in [0.2, 0.25) is 0 Å². The van der Waals surface area contributed by atoms with Crippen LogP contribution in [0.15, 0.2) is 54.6 Å². The molecule has 0 bridgehead atoms. The molecule has 0 amide bonds. The minimum absolute atomic E-state index is 0.208. The van der Waals surface area contributed by atoms with Crippen molar-refractivity contribution >= 4 is 5.97 Å². The number of hydrogen-bond acceptors (Lipinski definition) is 5. The van der Waals surface area contributed by atoms with E-state index in [0.29, 0.717) is 12.6 Å². The van der Waals surface area contributed by atoms with Crippen molar-refractivity contribution in [3.8, 4) is 11.8 Å². The van der Waals surface area contributed by atoms with Gasteiger partial charge < -0.3 is 15.2 Å². The average Bonchev–Trinajstić information content (AvgIpc) is 3.21. The van der Waals surface area contributed by atoms with Gasteiger partial charge in [-0.25, -0.2) is 0 Å². The third kappa shape index (κ3) is 4.99. The number of ether oxygens (including phenoxy) is 1. The zero-order valence-electron chi connectivity index (χ0n) is 16.9. The van der Waals surface area contributed by atoms with Crippen molar-refractivity contribution in [3.05, 3.63) is 65.7 Å². The van der Waals surface area contributed by atoms with Crippen LogP contribution in [0.5, 0.6) is 5.75 Å². The quantitative estimate of drug-likeness (QED) is 0.591. The summed E-state index contributed by atoms with van der Waals surface area (Å²) in [5.74, 6) is 0.180. The van der Waals surface area contributed by atoms with Gasteiger partial charge in [-0.05, 0) is 41.5 Å². The molecule has 6 heteroatoms. The molecule has 156 valence electrons. The number of benzene rings is 2. The van der Waals surface area contributed by atoms with Gasteiger partial charge in [-0.3, -0.25) is 9.69 Å². The van der Waals surface area contributed by atoms with Gasteiger partial charge in [0.15, 0.2) is 0 Å². The SMILES string of the molecule is N#C[C@H](Cc1ccc(OCCN[C@H]2C3CN(Cc4ccccc4)C[C@@H]32)cc1)C(=O)O. The predicted molar refractivity (Wildman–Crippen MR) is 113 cm³/mol. The van der Waals surface area contributed by atoms with Gasteiger partial charge in [0, 0.05) is 32.2 Å². The first-order valence-electron chi connectivity index (χ1n) is 10.5. The number of nitrogens with zero attached hydrogens (tertiary/aromatic N) is 2. The Morgan fingerprint density at radius 2 is 1.83 bits per heavy atom. The molecule has 6 nitrogen and oxygen atoms in total. The van der Waals surface area contributed by atoms with Crippen molar-refractivity contribution in [1.82, 2.24) is 10.2 Å². The molecule has 0 spiro atoms. The van der Waals surface area contributed by atoms with E-state index in [-0.39, 0.29) is 6.42 Å². The summed E-state index contributed by atoms with van der Waals surface area (Å²) < 4.78 is 5.79. The van der Waals surface area contributed by atoms with Crippen molar-refractivity contribution < 1.29 is 14.6 Å². The summed E-state index contributed by atoms with van der Waals surface area (Å²) in [6.07, 6.45) is 0.208. The Labute approximate surface area is 177 Å². The fraction of sp³-hybridized carbons (Fsp3) is 0.417. The summed E-state index contributed by atoms with van der Waals surface area (Å²) in [5.41, 5.74) is 2.20. The number of nitrogens with one attached hydrogen (secondary N) is 1. The number of carbonyl (C=O) groups is 1. The standard InChI is InChI=1S/C24H27N3O3/c25-13-19(24(28)29)12-17-6-8-20(9-7-17)30-11-10-26-23-21-15-27(16-22(21)23)14-18-4-2-1-3-5-18/h1-9,19,21-23,26H,10-12,14-16H2,(H,28,29)/t19-,21-,22?,23+/m0/s1. The molecule has 0 radical (unpaired) electrons. The lowest BCUT2D eigenvalue weighted by Crippen LogP contribution is -2.33. The molecular formula is C24H27N3O3. The monoisotopic (exact) mass is 405 g/mol. The summed E-state index contributed by atoms with van der Waals surface area (Å²) in [7, 11) is 0. The first-order valence-corrected chi connectivity index (χ1v) is 10.5. The van der Waals surface area contributed by atoms with Crippen molar-refractivity contribution in [2.75, 3.05) is 26.2 Å². The second-order valence-corrected chi connectivity index (χ2v) is 8.20. The third-order valence-electron chi connectivity index (χ3n) is 6.09. The van der Waals surface area contributed by atoms with Gasteiger partial charge in [0.2, 0.25) is 0 Å². The largest absolute Gasteiger partial charge is 0.492 e. The van der Waals surface area contributed by atoms with Crippen LogP contribution in [0.3, 0.4) is 0 Å². The smallest absolute Gasteiger partial charge is 0.321 e.